The molecule has 28 heavy (non-hydrogen) atoms. The Bertz CT molecular complexity index is 1150. The highest BCUT2D eigenvalue weighted by Gasteiger charge is 2.26. The van der Waals surface area contributed by atoms with E-state index >= 15 is 0 Å². The molecule has 0 atom stereocenters. The number of ketones is 1. The van der Waals surface area contributed by atoms with Crippen LogP contribution in [0.1, 0.15) is 27.0 Å². The van der Waals surface area contributed by atoms with E-state index in [9.17, 15) is 19.7 Å². The van der Waals surface area contributed by atoms with Crippen LogP contribution in [0.5, 0.6) is 0 Å². The number of fused-ring (bicyclic) bond motifs is 1. The molecule has 0 aliphatic carbocycles. The monoisotopic (exact) mass is 370 g/mol. The standard InChI is InChI=1S/C22H14N2O4/c25-21(14-6-2-1-3-7-14)16-10-11-19-17(13-16)18(22(26)23-19)12-15-8-4-5-9-20(15)24(27)28/h1-13H,(H,23,26). The highest BCUT2D eigenvalue weighted by molar-refractivity contribution is 6.35. The van der Waals surface area contributed by atoms with E-state index in [0.717, 1.165) is 0 Å². The largest absolute Gasteiger partial charge is 0.321 e. The number of carbonyl (C=O) groups excluding carboxylic acids is 2. The number of anilines is 1. The second-order valence-corrected chi connectivity index (χ2v) is 6.28. The molecule has 0 unspecified atom stereocenters. The summed E-state index contributed by atoms with van der Waals surface area (Å²) in [7, 11) is 0. The summed E-state index contributed by atoms with van der Waals surface area (Å²) in [5, 5.41) is 14.0. The quantitative estimate of drug-likeness (QED) is 0.321. The van der Waals surface area contributed by atoms with Crippen molar-refractivity contribution in [1.82, 2.24) is 0 Å². The number of nitro groups is 1. The maximum absolute atomic E-state index is 12.7. The Balaban J connectivity index is 1.79. The molecule has 4 rings (SSSR count). The molecule has 0 spiro atoms. The average Bonchev–Trinajstić information content (AvgIpc) is 3.03. The van der Waals surface area contributed by atoms with Crippen LogP contribution >= 0.6 is 0 Å². The van der Waals surface area contributed by atoms with Gasteiger partial charge in [0.2, 0.25) is 0 Å². The maximum Gasteiger partial charge on any atom is 0.276 e. The number of para-hydroxylation sites is 1. The van der Waals surface area contributed by atoms with Gasteiger partial charge in [0.05, 0.1) is 10.5 Å². The molecule has 0 bridgehead atoms. The smallest absolute Gasteiger partial charge is 0.276 e. The van der Waals surface area contributed by atoms with Crippen molar-refractivity contribution in [2.75, 3.05) is 5.32 Å². The third-order valence-corrected chi connectivity index (χ3v) is 4.53. The van der Waals surface area contributed by atoms with Crippen molar-refractivity contribution >= 4 is 34.7 Å². The molecule has 3 aromatic carbocycles. The van der Waals surface area contributed by atoms with Crippen molar-refractivity contribution in [1.29, 1.82) is 0 Å². The first kappa shape index (κ1) is 17.4. The van der Waals surface area contributed by atoms with E-state index < -0.39 is 4.92 Å². The van der Waals surface area contributed by atoms with Crippen molar-refractivity contribution < 1.29 is 14.5 Å². The van der Waals surface area contributed by atoms with Crippen molar-refractivity contribution in [2.45, 2.75) is 0 Å². The lowest BCUT2D eigenvalue weighted by Gasteiger charge is -2.05. The van der Waals surface area contributed by atoms with E-state index in [-0.39, 0.29) is 23.0 Å². The minimum atomic E-state index is -0.491. The van der Waals surface area contributed by atoms with Gasteiger partial charge in [0, 0.05) is 34.0 Å². The molecule has 1 aliphatic rings. The van der Waals surface area contributed by atoms with E-state index in [1.807, 2.05) is 6.07 Å². The topological polar surface area (TPSA) is 89.3 Å². The first-order chi connectivity index (χ1) is 13.5. The molecule has 0 fully saturated rings. The second kappa shape index (κ2) is 6.92. The highest BCUT2D eigenvalue weighted by atomic mass is 16.6. The first-order valence-electron chi connectivity index (χ1n) is 8.55. The van der Waals surface area contributed by atoms with Crippen LogP contribution in [0.25, 0.3) is 11.6 Å². The van der Waals surface area contributed by atoms with Gasteiger partial charge in [0.1, 0.15) is 0 Å². The lowest BCUT2D eigenvalue weighted by molar-refractivity contribution is -0.385. The van der Waals surface area contributed by atoms with Gasteiger partial charge in [-0.2, -0.15) is 0 Å². The fourth-order valence-electron chi connectivity index (χ4n) is 3.16. The molecule has 6 nitrogen and oxygen atoms in total. The van der Waals surface area contributed by atoms with Crippen LogP contribution in [0.4, 0.5) is 11.4 Å². The summed E-state index contributed by atoms with van der Waals surface area (Å²) < 4.78 is 0. The van der Waals surface area contributed by atoms with Gasteiger partial charge in [-0.25, -0.2) is 0 Å². The van der Waals surface area contributed by atoms with E-state index in [0.29, 0.717) is 27.9 Å². The Hall–Kier alpha value is -4.06. The summed E-state index contributed by atoms with van der Waals surface area (Å²) in [6, 6.07) is 20.0. The number of hydrogen-bond donors (Lipinski definition) is 1. The van der Waals surface area contributed by atoms with Gasteiger partial charge in [0.15, 0.2) is 5.78 Å². The zero-order valence-electron chi connectivity index (χ0n) is 14.6. The molecular formula is C22H14N2O4. The summed E-state index contributed by atoms with van der Waals surface area (Å²) in [4.78, 5) is 35.9. The van der Waals surface area contributed by atoms with Gasteiger partial charge < -0.3 is 5.32 Å². The normalized spacial score (nSPS) is 13.9. The summed E-state index contributed by atoms with van der Waals surface area (Å²) in [6.45, 7) is 0. The zero-order valence-corrected chi connectivity index (χ0v) is 14.6. The van der Waals surface area contributed by atoms with Gasteiger partial charge in [0.25, 0.3) is 11.6 Å². The molecule has 1 amide bonds. The van der Waals surface area contributed by atoms with Crippen LogP contribution < -0.4 is 5.32 Å². The fraction of sp³-hybridized carbons (Fsp3) is 0. The number of rotatable bonds is 4. The van der Waals surface area contributed by atoms with E-state index in [4.69, 9.17) is 0 Å². The Labute approximate surface area is 160 Å². The third kappa shape index (κ3) is 3.07. The summed E-state index contributed by atoms with van der Waals surface area (Å²) in [5.74, 6) is -0.523. The molecule has 3 aromatic rings. The Morgan fingerprint density at radius 3 is 2.39 bits per heavy atom. The predicted molar refractivity (Wildman–Crippen MR) is 106 cm³/mol. The molecule has 6 heteroatoms. The number of carbonyl (C=O) groups is 2. The minimum absolute atomic E-state index is 0.0900. The third-order valence-electron chi connectivity index (χ3n) is 4.53. The maximum atomic E-state index is 12.7. The molecule has 0 saturated heterocycles. The average molecular weight is 370 g/mol. The molecule has 0 radical (unpaired) electrons. The summed E-state index contributed by atoms with van der Waals surface area (Å²) in [6.07, 6.45) is 1.48. The Morgan fingerprint density at radius 1 is 0.929 bits per heavy atom. The number of benzene rings is 3. The fourth-order valence-corrected chi connectivity index (χ4v) is 3.16. The lowest BCUT2D eigenvalue weighted by Crippen LogP contribution is -2.03. The Morgan fingerprint density at radius 2 is 1.64 bits per heavy atom. The number of nitrogens with one attached hydrogen (secondary N) is 1. The van der Waals surface area contributed by atoms with Crippen LogP contribution in [0.15, 0.2) is 72.8 Å². The summed E-state index contributed by atoms with van der Waals surface area (Å²) in [5.41, 5.74) is 2.62. The molecule has 136 valence electrons. The molecule has 1 aliphatic heterocycles. The minimum Gasteiger partial charge on any atom is -0.321 e. The van der Waals surface area contributed by atoms with Crippen molar-refractivity contribution in [3.63, 3.8) is 0 Å². The predicted octanol–water partition coefficient (Wildman–Crippen LogP) is 4.32. The van der Waals surface area contributed by atoms with Crippen molar-refractivity contribution in [2.24, 2.45) is 0 Å². The SMILES string of the molecule is O=C1Nc2ccc(C(=O)c3ccccc3)cc2C1=Cc1ccccc1[N+](=O)[O-]. The molecule has 0 aromatic heterocycles. The van der Waals surface area contributed by atoms with E-state index in [1.165, 1.54) is 12.1 Å². The number of hydrogen-bond acceptors (Lipinski definition) is 4. The molecule has 0 saturated carbocycles. The molecule has 1 heterocycles. The van der Waals surface area contributed by atoms with Crippen LogP contribution in [-0.2, 0) is 4.79 Å². The number of nitro benzene ring substituents is 1. The second-order valence-electron chi connectivity index (χ2n) is 6.28. The molecular weight excluding hydrogens is 356 g/mol. The summed E-state index contributed by atoms with van der Waals surface area (Å²) >= 11 is 0. The van der Waals surface area contributed by atoms with Crippen LogP contribution in [0.2, 0.25) is 0 Å². The number of amides is 1. The number of nitrogens with zero attached hydrogens (tertiary/aromatic N) is 1. The van der Waals surface area contributed by atoms with Crippen LogP contribution in [0, 0.1) is 10.1 Å². The highest BCUT2D eigenvalue weighted by Crippen LogP contribution is 2.35. The van der Waals surface area contributed by atoms with Gasteiger partial charge >= 0.3 is 0 Å². The zero-order chi connectivity index (χ0) is 19.7. The first-order valence-corrected chi connectivity index (χ1v) is 8.55. The molecule has 1 N–H and O–H groups in total. The van der Waals surface area contributed by atoms with Crippen LogP contribution in [-0.4, -0.2) is 16.6 Å². The van der Waals surface area contributed by atoms with Gasteiger partial charge in [-0.3, -0.25) is 19.7 Å². The lowest BCUT2D eigenvalue weighted by atomic mass is 9.97. The van der Waals surface area contributed by atoms with Crippen molar-refractivity contribution in [3.05, 3.63) is 105 Å². The van der Waals surface area contributed by atoms with Crippen molar-refractivity contribution in [3.8, 4) is 0 Å². The van der Waals surface area contributed by atoms with Gasteiger partial charge in [-0.1, -0.05) is 42.5 Å². The van der Waals surface area contributed by atoms with Crippen LogP contribution in [0.3, 0.4) is 0 Å². The van der Waals surface area contributed by atoms with Gasteiger partial charge in [-0.15, -0.1) is 0 Å². The van der Waals surface area contributed by atoms with E-state index in [1.54, 1.807) is 60.7 Å². The Kier molecular flexibility index (Phi) is 4.29. The van der Waals surface area contributed by atoms with E-state index in [2.05, 4.69) is 5.32 Å². The van der Waals surface area contributed by atoms with Gasteiger partial charge in [-0.05, 0) is 30.3 Å².